The molecule has 1 amide bonds. The second-order valence-corrected chi connectivity index (χ2v) is 2.09. The minimum atomic E-state index is -5.48. The maximum Gasteiger partial charge on any atom is 0.413 e. The Kier molecular flexibility index (Phi) is 21.6. The number of rotatable bonds is 3. The fraction of sp³-hybridized carbons (Fsp3) is 0.500. The van der Waals surface area contributed by atoms with E-state index < -0.39 is 23.7 Å². The van der Waals surface area contributed by atoms with E-state index in [4.69, 9.17) is 5.11 Å². The van der Waals surface area contributed by atoms with Crippen molar-refractivity contribution in [2.24, 2.45) is 0 Å². The minimum absolute atomic E-state index is 0. The largest absolute Gasteiger partial charge is 1.00 e. The molecular formula is C4H2F9NO3S-5. The van der Waals surface area contributed by atoms with E-state index in [1.54, 1.807) is 0 Å². The van der Waals surface area contributed by atoms with Gasteiger partial charge < -0.3 is 28.6 Å². The predicted octanol–water partition coefficient (Wildman–Crippen LogP) is -14.4. The number of carboxylic acids is 1. The van der Waals surface area contributed by atoms with E-state index in [2.05, 4.69) is 12.8 Å². The van der Waals surface area contributed by atoms with Gasteiger partial charge in [0.15, 0.2) is 0 Å². The molecular weight excluding hydrogens is 313 g/mol. The molecule has 0 aromatic heterocycles. The highest BCUT2D eigenvalue weighted by atomic mass is 32.1. The van der Waals surface area contributed by atoms with Crippen molar-refractivity contribution in [3.8, 4) is 0 Å². The van der Waals surface area contributed by atoms with Gasteiger partial charge in [0.1, 0.15) is 0 Å². The summed E-state index contributed by atoms with van der Waals surface area (Å²) in [7, 11) is 0. The monoisotopic (exact) mass is 315 g/mol. The maximum absolute atomic E-state index is 12.2. The molecule has 0 bridgehead atoms. The molecule has 0 heterocycles. The van der Waals surface area contributed by atoms with Crippen molar-refractivity contribution < 1.29 is 55.8 Å². The van der Waals surface area contributed by atoms with Crippen LogP contribution in [0.2, 0.25) is 0 Å². The van der Waals surface area contributed by atoms with E-state index in [1.807, 2.05) is 0 Å². The van der Waals surface area contributed by atoms with Gasteiger partial charge in [0, 0.05) is 12.8 Å². The van der Waals surface area contributed by atoms with E-state index in [-0.39, 0.29) is 23.5 Å². The van der Waals surface area contributed by atoms with E-state index in [9.17, 15) is 27.2 Å². The minimum Gasteiger partial charge on any atom is -1.00 e. The Labute approximate surface area is 98.1 Å². The molecule has 1 radical (unpaired) electrons. The molecule has 0 spiro atoms. The zero-order valence-corrected chi connectivity index (χ0v) is 8.39. The molecule has 0 fully saturated rings. The highest BCUT2D eigenvalue weighted by Gasteiger charge is 2.67. The summed E-state index contributed by atoms with van der Waals surface area (Å²) in [5.74, 6) is -16.5. The Morgan fingerprint density at radius 3 is 1.33 bits per heavy atom. The molecule has 0 rings (SSSR count). The number of aliphatic carboxylic acids is 1. The molecule has 0 aromatic carbocycles. The fourth-order valence-electron chi connectivity index (χ4n) is 0.341. The quantitative estimate of drug-likeness (QED) is 0.509. The van der Waals surface area contributed by atoms with E-state index in [0.29, 0.717) is 0 Å². The van der Waals surface area contributed by atoms with Crippen LogP contribution in [-0.2, 0) is 9.59 Å². The van der Waals surface area contributed by atoms with E-state index in [0.717, 1.165) is 4.72 Å². The summed E-state index contributed by atoms with van der Waals surface area (Å²) in [4.78, 5) is 19.7. The van der Waals surface area contributed by atoms with Crippen molar-refractivity contribution in [1.29, 1.82) is 0 Å². The van der Waals surface area contributed by atoms with Crippen LogP contribution >= 0.6 is 12.8 Å². The first-order valence-electron chi connectivity index (χ1n) is 2.59. The van der Waals surface area contributed by atoms with Crippen LogP contribution in [0.4, 0.5) is 17.6 Å². The van der Waals surface area contributed by atoms with Gasteiger partial charge in [-0.25, -0.2) is 4.79 Å². The molecule has 0 aromatic rings. The standard InChI is InChI=1S/C4H2F4NO3S.5FH/c5-3(6,1(10)9-13)4(7,8)2(11)12;;;;;/h(H,9,10)(H,11,12);5*1H/p-5. The molecule has 0 aliphatic rings. The van der Waals surface area contributed by atoms with Crippen molar-refractivity contribution in [1.82, 2.24) is 4.72 Å². The third kappa shape index (κ3) is 5.83. The van der Waals surface area contributed by atoms with Crippen LogP contribution in [0.5, 0.6) is 0 Å². The number of carbonyl (C=O) groups excluding carboxylic acids is 1. The topological polar surface area (TPSA) is 66.4 Å². The molecule has 2 N–H and O–H groups in total. The highest BCUT2D eigenvalue weighted by molar-refractivity contribution is 7.78. The van der Waals surface area contributed by atoms with Crippen LogP contribution in [0.25, 0.3) is 0 Å². The Bertz CT molecular complexity index is 250. The molecule has 0 aliphatic carbocycles. The number of carbonyl (C=O) groups is 2. The molecule has 0 saturated carbocycles. The average molecular weight is 315 g/mol. The summed E-state index contributed by atoms with van der Waals surface area (Å²) in [5.41, 5.74) is 0. The van der Waals surface area contributed by atoms with Gasteiger partial charge in [-0.15, -0.1) is 0 Å². The molecule has 18 heavy (non-hydrogen) atoms. The number of halogens is 9. The molecule has 0 aliphatic heterocycles. The number of carboxylic acid groups (broad SMARTS) is 1. The normalized spacial score (nSPS) is 8.94. The SMILES string of the molecule is O=C(O)C(F)(F)C(F)(F)C(=O)N[S].[F-].[F-].[F-].[F-].[F-]. The summed E-state index contributed by atoms with van der Waals surface area (Å²) in [5, 5.41) is 7.68. The van der Waals surface area contributed by atoms with Crippen molar-refractivity contribution in [3.63, 3.8) is 0 Å². The predicted molar refractivity (Wildman–Crippen MR) is 33.3 cm³/mol. The van der Waals surface area contributed by atoms with Crippen molar-refractivity contribution in [2.75, 3.05) is 0 Å². The van der Waals surface area contributed by atoms with Crippen LogP contribution in [0, 0.1) is 0 Å². The number of alkyl halides is 4. The van der Waals surface area contributed by atoms with Crippen LogP contribution in [0.1, 0.15) is 0 Å². The average Bonchev–Trinajstić information content (AvgIpc) is 2.02. The lowest BCUT2D eigenvalue weighted by Crippen LogP contribution is -3.00. The van der Waals surface area contributed by atoms with Gasteiger partial charge in [0.25, 0.3) is 0 Å². The number of nitrogens with one attached hydrogen (secondary N) is 1. The molecule has 4 nitrogen and oxygen atoms in total. The Hall–Kier alpha value is -1.34. The Morgan fingerprint density at radius 1 is 0.889 bits per heavy atom. The fourth-order valence-corrected chi connectivity index (χ4v) is 0.469. The van der Waals surface area contributed by atoms with Crippen LogP contribution in [-0.4, -0.2) is 28.8 Å². The maximum atomic E-state index is 12.2. The first-order chi connectivity index (χ1) is 5.67. The first kappa shape index (κ1) is 36.0. The van der Waals surface area contributed by atoms with Crippen LogP contribution in [0.3, 0.4) is 0 Å². The molecule has 0 atom stereocenters. The summed E-state index contributed by atoms with van der Waals surface area (Å²) >= 11 is 3.57. The van der Waals surface area contributed by atoms with E-state index >= 15 is 0 Å². The highest BCUT2D eigenvalue weighted by Crippen LogP contribution is 2.34. The van der Waals surface area contributed by atoms with Crippen molar-refractivity contribution in [3.05, 3.63) is 0 Å². The van der Waals surface area contributed by atoms with Crippen molar-refractivity contribution >= 4 is 24.7 Å². The van der Waals surface area contributed by atoms with Crippen LogP contribution in [0.15, 0.2) is 0 Å². The second kappa shape index (κ2) is 10.8. The van der Waals surface area contributed by atoms with Gasteiger partial charge in [-0.3, -0.25) is 9.52 Å². The number of hydrogen-bond acceptors (Lipinski definition) is 2. The van der Waals surface area contributed by atoms with Gasteiger partial charge >= 0.3 is 23.7 Å². The van der Waals surface area contributed by atoms with Gasteiger partial charge in [-0.05, 0) is 0 Å². The molecule has 14 heteroatoms. The molecule has 115 valence electrons. The van der Waals surface area contributed by atoms with Crippen LogP contribution < -0.4 is 28.2 Å². The van der Waals surface area contributed by atoms with Gasteiger partial charge in [-0.1, -0.05) is 0 Å². The Balaban J connectivity index is -0.0000000720. The lowest BCUT2D eigenvalue weighted by Gasteiger charge is -2.20. The van der Waals surface area contributed by atoms with Gasteiger partial charge in [0.05, 0.1) is 0 Å². The molecule has 0 unspecified atom stereocenters. The first-order valence-corrected chi connectivity index (χ1v) is 3.00. The summed E-state index contributed by atoms with van der Waals surface area (Å²) in [6, 6.07) is 0. The van der Waals surface area contributed by atoms with Gasteiger partial charge in [-0.2, -0.15) is 17.6 Å². The summed E-state index contributed by atoms with van der Waals surface area (Å²) in [6.45, 7) is 0. The zero-order valence-electron chi connectivity index (χ0n) is 7.57. The van der Waals surface area contributed by atoms with Crippen molar-refractivity contribution in [2.45, 2.75) is 11.8 Å². The number of hydrogen-bond donors (Lipinski definition) is 2. The lowest BCUT2D eigenvalue weighted by atomic mass is 10.1. The summed E-state index contributed by atoms with van der Waals surface area (Å²) in [6.07, 6.45) is 0. The summed E-state index contributed by atoms with van der Waals surface area (Å²) < 4.78 is 49.5. The molecule has 0 saturated heterocycles. The van der Waals surface area contributed by atoms with E-state index in [1.165, 1.54) is 0 Å². The third-order valence-electron chi connectivity index (χ3n) is 1.04. The van der Waals surface area contributed by atoms with Gasteiger partial charge in [0.2, 0.25) is 0 Å². The Morgan fingerprint density at radius 2 is 1.17 bits per heavy atom. The third-order valence-corrected chi connectivity index (χ3v) is 1.23. The lowest BCUT2D eigenvalue weighted by molar-refractivity contribution is -0.221. The zero-order chi connectivity index (χ0) is 10.9. The smallest absolute Gasteiger partial charge is 0.413 e. The number of amides is 1. The second-order valence-electron chi connectivity index (χ2n) is 1.89.